The van der Waals surface area contributed by atoms with Crippen molar-refractivity contribution in [3.8, 4) is 0 Å². The predicted octanol–water partition coefficient (Wildman–Crippen LogP) is 1.15. The van der Waals surface area contributed by atoms with Crippen molar-refractivity contribution in [1.29, 1.82) is 0 Å². The molecule has 6 nitrogen and oxygen atoms in total. The Hall–Kier alpha value is -1.47. The summed E-state index contributed by atoms with van der Waals surface area (Å²) in [5, 5.41) is 2.74. The van der Waals surface area contributed by atoms with E-state index in [1.165, 1.54) is 10.6 Å². The number of aromatic nitrogens is 1. The van der Waals surface area contributed by atoms with E-state index in [-0.39, 0.29) is 24.9 Å². The van der Waals surface area contributed by atoms with Crippen LogP contribution in [0.25, 0.3) is 0 Å². The molecule has 0 aliphatic heterocycles. The van der Waals surface area contributed by atoms with Gasteiger partial charge in [-0.3, -0.25) is 9.78 Å². The van der Waals surface area contributed by atoms with Gasteiger partial charge in [0.1, 0.15) is 0 Å². The molecule has 1 aromatic rings. The third kappa shape index (κ3) is 6.22. The summed E-state index contributed by atoms with van der Waals surface area (Å²) in [5.74, 6) is -0.183. The van der Waals surface area contributed by atoms with E-state index in [2.05, 4.69) is 10.3 Å². The van der Waals surface area contributed by atoms with Gasteiger partial charge in [0.05, 0.1) is 18.5 Å². The van der Waals surface area contributed by atoms with Gasteiger partial charge in [-0.05, 0) is 25.5 Å². The zero-order valence-electron chi connectivity index (χ0n) is 12.7. The van der Waals surface area contributed by atoms with Crippen LogP contribution in [0.5, 0.6) is 0 Å². The molecule has 118 valence electrons. The van der Waals surface area contributed by atoms with Gasteiger partial charge in [0.15, 0.2) is 0 Å². The Bertz CT molecular complexity index is 546. The third-order valence-electron chi connectivity index (χ3n) is 3.26. The van der Waals surface area contributed by atoms with Gasteiger partial charge < -0.3 is 5.32 Å². The summed E-state index contributed by atoms with van der Waals surface area (Å²) in [7, 11) is -3.30. The van der Waals surface area contributed by atoms with E-state index in [1.807, 2.05) is 26.0 Å². The molecule has 7 heteroatoms. The molecule has 1 heterocycles. The second-order valence-corrected chi connectivity index (χ2v) is 6.91. The van der Waals surface area contributed by atoms with Crippen molar-refractivity contribution >= 4 is 15.9 Å². The van der Waals surface area contributed by atoms with E-state index in [9.17, 15) is 13.2 Å². The molecular formula is C14H23N3O3S. The Labute approximate surface area is 126 Å². The zero-order valence-corrected chi connectivity index (χ0v) is 13.6. The molecule has 0 bridgehead atoms. The van der Waals surface area contributed by atoms with Crippen molar-refractivity contribution in [2.45, 2.75) is 39.3 Å². The van der Waals surface area contributed by atoms with Crippen LogP contribution in [-0.4, -0.2) is 42.5 Å². The minimum atomic E-state index is -3.30. The quantitative estimate of drug-likeness (QED) is 0.781. The summed E-state index contributed by atoms with van der Waals surface area (Å²) in [6.45, 7) is 4.31. The lowest BCUT2D eigenvalue weighted by Gasteiger charge is -2.25. The predicted molar refractivity (Wildman–Crippen MR) is 82.0 cm³/mol. The molecule has 1 N–H and O–H groups in total. The summed E-state index contributed by atoms with van der Waals surface area (Å²) in [5.41, 5.74) is 0.771. The number of sulfonamides is 1. The molecule has 1 rings (SSSR count). The molecule has 1 atom stereocenters. The number of rotatable bonds is 8. The summed E-state index contributed by atoms with van der Waals surface area (Å²) >= 11 is 0. The second-order valence-electron chi connectivity index (χ2n) is 4.98. The number of nitrogens with zero attached hydrogens (tertiary/aromatic N) is 2. The Morgan fingerprint density at radius 1 is 1.43 bits per heavy atom. The average Bonchev–Trinajstić information content (AvgIpc) is 2.44. The van der Waals surface area contributed by atoms with Crippen molar-refractivity contribution in [2.24, 2.45) is 0 Å². The van der Waals surface area contributed by atoms with Gasteiger partial charge in [-0.1, -0.05) is 13.0 Å². The van der Waals surface area contributed by atoms with Crippen LogP contribution in [0.1, 0.15) is 32.4 Å². The SMILES string of the molecule is CCC(C)N(CCC(=O)NCc1ccccn1)S(C)(=O)=O. The smallest absolute Gasteiger partial charge is 0.221 e. The van der Waals surface area contributed by atoms with Crippen LogP contribution in [0.15, 0.2) is 24.4 Å². The molecule has 0 spiro atoms. The highest BCUT2D eigenvalue weighted by molar-refractivity contribution is 7.88. The van der Waals surface area contributed by atoms with Crippen molar-refractivity contribution in [3.63, 3.8) is 0 Å². The molecule has 0 aromatic carbocycles. The lowest BCUT2D eigenvalue weighted by Crippen LogP contribution is -2.40. The van der Waals surface area contributed by atoms with Crippen LogP contribution in [0.4, 0.5) is 0 Å². The lowest BCUT2D eigenvalue weighted by atomic mass is 10.2. The Morgan fingerprint density at radius 2 is 2.14 bits per heavy atom. The monoisotopic (exact) mass is 313 g/mol. The van der Waals surface area contributed by atoms with Crippen molar-refractivity contribution in [3.05, 3.63) is 30.1 Å². The molecule has 1 aromatic heterocycles. The first-order valence-corrected chi connectivity index (χ1v) is 8.82. The lowest BCUT2D eigenvalue weighted by molar-refractivity contribution is -0.121. The van der Waals surface area contributed by atoms with Crippen LogP contribution in [0, 0.1) is 0 Å². The Kier molecular flexibility index (Phi) is 6.77. The third-order valence-corrected chi connectivity index (χ3v) is 4.65. The summed E-state index contributed by atoms with van der Waals surface area (Å²) in [4.78, 5) is 15.9. The second kappa shape index (κ2) is 8.09. The number of amides is 1. The molecule has 21 heavy (non-hydrogen) atoms. The first-order chi connectivity index (χ1) is 9.84. The molecule has 1 amide bonds. The average molecular weight is 313 g/mol. The zero-order chi connectivity index (χ0) is 15.9. The van der Waals surface area contributed by atoms with Gasteiger partial charge in [0.2, 0.25) is 15.9 Å². The maximum absolute atomic E-state index is 11.8. The number of carbonyl (C=O) groups excluding carboxylic acids is 1. The number of hydrogen-bond donors (Lipinski definition) is 1. The molecule has 0 saturated carbocycles. The van der Waals surface area contributed by atoms with E-state index in [1.54, 1.807) is 12.3 Å². The number of pyridine rings is 1. The molecule has 0 fully saturated rings. The van der Waals surface area contributed by atoms with Crippen LogP contribution in [0.2, 0.25) is 0 Å². The number of nitrogens with one attached hydrogen (secondary N) is 1. The minimum absolute atomic E-state index is 0.108. The van der Waals surface area contributed by atoms with Gasteiger partial charge in [-0.15, -0.1) is 0 Å². The maximum atomic E-state index is 11.8. The summed E-state index contributed by atoms with van der Waals surface area (Å²) in [6.07, 6.45) is 3.69. The van der Waals surface area contributed by atoms with Crippen molar-refractivity contribution in [1.82, 2.24) is 14.6 Å². The molecule has 0 aliphatic carbocycles. The fourth-order valence-electron chi connectivity index (χ4n) is 1.91. The fraction of sp³-hybridized carbons (Fsp3) is 0.571. The van der Waals surface area contributed by atoms with Gasteiger partial charge in [0.25, 0.3) is 0 Å². The highest BCUT2D eigenvalue weighted by atomic mass is 32.2. The normalized spacial score (nSPS) is 13.1. The van der Waals surface area contributed by atoms with E-state index < -0.39 is 10.0 Å². The van der Waals surface area contributed by atoms with Crippen molar-refractivity contribution in [2.75, 3.05) is 12.8 Å². The van der Waals surface area contributed by atoms with Crippen LogP contribution in [0.3, 0.4) is 0 Å². The summed E-state index contributed by atoms with van der Waals surface area (Å²) in [6, 6.07) is 5.37. The number of hydrogen-bond acceptors (Lipinski definition) is 4. The standard InChI is InChI=1S/C14H23N3O3S/c1-4-12(2)17(21(3,19)20)10-8-14(18)16-11-13-7-5-6-9-15-13/h5-7,9,12H,4,8,10-11H2,1-3H3,(H,16,18). The number of carbonyl (C=O) groups is 1. The Balaban J connectivity index is 2.47. The van der Waals surface area contributed by atoms with Crippen LogP contribution < -0.4 is 5.32 Å². The molecule has 0 radical (unpaired) electrons. The molecule has 0 saturated heterocycles. The first kappa shape index (κ1) is 17.6. The van der Waals surface area contributed by atoms with Crippen LogP contribution >= 0.6 is 0 Å². The minimum Gasteiger partial charge on any atom is -0.350 e. The van der Waals surface area contributed by atoms with Gasteiger partial charge in [-0.25, -0.2) is 8.42 Å². The van der Waals surface area contributed by atoms with Crippen molar-refractivity contribution < 1.29 is 13.2 Å². The highest BCUT2D eigenvalue weighted by Gasteiger charge is 2.22. The maximum Gasteiger partial charge on any atom is 0.221 e. The van der Waals surface area contributed by atoms with Crippen LogP contribution in [-0.2, 0) is 21.4 Å². The van der Waals surface area contributed by atoms with E-state index >= 15 is 0 Å². The molecule has 0 aliphatic rings. The molecular weight excluding hydrogens is 290 g/mol. The van der Waals surface area contributed by atoms with E-state index in [4.69, 9.17) is 0 Å². The van der Waals surface area contributed by atoms with E-state index in [0.29, 0.717) is 13.0 Å². The fourth-order valence-corrected chi connectivity index (χ4v) is 3.13. The topological polar surface area (TPSA) is 79.4 Å². The first-order valence-electron chi connectivity index (χ1n) is 6.98. The van der Waals surface area contributed by atoms with Gasteiger partial charge >= 0.3 is 0 Å². The Morgan fingerprint density at radius 3 is 2.67 bits per heavy atom. The van der Waals surface area contributed by atoms with E-state index in [0.717, 1.165) is 5.69 Å². The largest absolute Gasteiger partial charge is 0.350 e. The van der Waals surface area contributed by atoms with Gasteiger partial charge in [-0.2, -0.15) is 4.31 Å². The van der Waals surface area contributed by atoms with Gasteiger partial charge in [0, 0.05) is 25.2 Å². The molecule has 1 unspecified atom stereocenters. The summed E-state index contributed by atoms with van der Waals surface area (Å²) < 4.78 is 24.8. The highest BCUT2D eigenvalue weighted by Crippen LogP contribution is 2.09.